The van der Waals surface area contributed by atoms with Crippen LogP contribution in [0, 0.1) is 22.2 Å². The number of carbonyl (C=O) groups excluding carboxylic acids is 3. The number of rotatable bonds is 6. The highest BCUT2D eigenvalue weighted by Gasteiger charge is 2.71. The molecular formula is C22H40O6Si3. The summed E-state index contributed by atoms with van der Waals surface area (Å²) in [6.07, 6.45) is 3.39. The Bertz CT molecular complexity index is 676. The van der Waals surface area contributed by atoms with Crippen molar-refractivity contribution in [2.24, 2.45) is 22.2 Å². The average Bonchev–Trinajstić information content (AvgIpc) is 2.48. The summed E-state index contributed by atoms with van der Waals surface area (Å²) < 4.78 is 18.0. The Morgan fingerprint density at radius 1 is 0.548 bits per heavy atom. The molecule has 176 valence electrons. The van der Waals surface area contributed by atoms with Crippen molar-refractivity contribution in [1.29, 1.82) is 0 Å². The largest absolute Gasteiger partial charge is 0.519 e. The first-order chi connectivity index (χ1) is 13.8. The molecule has 4 aliphatic rings. The standard InChI is InChI=1S/C22H40O6Si3/c1-29(2,3)26-17(23)20-10-16-11-21(13-20,18(24)27-30(4,5)6)15-22(12-16,14-20)19(25)28-31(7,8)9/h16H,10-15H2,1-9H3. The van der Waals surface area contributed by atoms with E-state index in [4.69, 9.17) is 13.3 Å². The Labute approximate surface area is 190 Å². The number of carbonyl (C=O) groups is 3. The summed E-state index contributed by atoms with van der Waals surface area (Å²) in [5.74, 6) is -0.517. The van der Waals surface area contributed by atoms with Crippen LogP contribution in [-0.2, 0) is 27.7 Å². The van der Waals surface area contributed by atoms with Crippen LogP contribution in [0.5, 0.6) is 0 Å². The van der Waals surface area contributed by atoms with Crippen molar-refractivity contribution in [3.8, 4) is 0 Å². The minimum absolute atomic E-state index is 0.133. The third-order valence-corrected chi connectivity index (χ3v) is 8.96. The first kappa shape index (κ1) is 24.7. The maximum Gasteiger partial charge on any atom is 0.298 e. The number of hydrogen-bond acceptors (Lipinski definition) is 6. The molecule has 4 saturated carbocycles. The van der Waals surface area contributed by atoms with Crippen LogP contribution in [0.3, 0.4) is 0 Å². The highest BCUT2D eigenvalue weighted by atomic mass is 28.4. The Morgan fingerprint density at radius 2 is 0.774 bits per heavy atom. The van der Waals surface area contributed by atoms with Gasteiger partial charge >= 0.3 is 0 Å². The first-order valence-electron chi connectivity index (χ1n) is 11.5. The van der Waals surface area contributed by atoms with Gasteiger partial charge in [0.25, 0.3) is 17.9 Å². The molecule has 0 amide bonds. The summed E-state index contributed by atoms with van der Waals surface area (Å²) in [7, 11) is -6.36. The van der Waals surface area contributed by atoms with E-state index in [-0.39, 0.29) is 23.8 Å². The Morgan fingerprint density at radius 3 is 0.968 bits per heavy atom. The second-order valence-electron chi connectivity index (χ2n) is 13.4. The fourth-order valence-corrected chi connectivity index (χ4v) is 8.60. The van der Waals surface area contributed by atoms with E-state index in [1.807, 2.05) is 58.9 Å². The molecule has 0 aromatic carbocycles. The van der Waals surface area contributed by atoms with Crippen molar-refractivity contribution in [3.63, 3.8) is 0 Å². The molecule has 0 spiro atoms. The van der Waals surface area contributed by atoms with Crippen LogP contribution in [0.1, 0.15) is 38.5 Å². The maximum absolute atomic E-state index is 13.5. The quantitative estimate of drug-likeness (QED) is 0.489. The summed E-state index contributed by atoms with van der Waals surface area (Å²) in [5.41, 5.74) is -2.39. The van der Waals surface area contributed by atoms with Gasteiger partial charge in [-0.25, -0.2) is 0 Å². The lowest BCUT2D eigenvalue weighted by molar-refractivity contribution is -0.206. The van der Waals surface area contributed by atoms with Gasteiger partial charge in [-0.3, -0.25) is 14.4 Å². The molecule has 6 nitrogen and oxygen atoms in total. The lowest BCUT2D eigenvalue weighted by atomic mass is 9.39. The lowest BCUT2D eigenvalue weighted by Crippen LogP contribution is -2.65. The van der Waals surface area contributed by atoms with E-state index in [2.05, 4.69) is 0 Å². The molecule has 0 aromatic rings. The highest BCUT2D eigenvalue weighted by molar-refractivity contribution is 6.72. The Balaban J connectivity index is 2.05. The van der Waals surface area contributed by atoms with Crippen LogP contribution in [0.2, 0.25) is 58.9 Å². The topological polar surface area (TPSA) is 78.9 Å². The molecule has 0 radical (unpaired) electrons. The molecule has 31 heavy (non-hydrogen) atoms. The van der Waals surface area contributed by atoms with Crippen molar-refractivity contribution in [2.75, 3.05) is 0 Å². The maximum atomic E-state index is 13.5. The van der Waals surface area contributed by atoms with Crippen LogP contribution in [0.4, 0.5) is 0 Å². The zero-order chi connectivity index (χ0) is 23.7. The van der Waals surface area contributed by atoms with E-state index in [1.54, 1.807) is 0 Å². The summed E-state index contributed by atoms with van der Waals surface area (Å²) in [6.45, 7) is 18.0. The van der Waals surface area contributed by atoms with Gasteiger partial charge in [0.2, 0.25) is 25.0 Å². The SMILES string of the molecule is C[Si](C)(C)OC(=O)C12CC3CC(C(=O)O[Si](C)(C)C)(C1)CC(C(=O)O[Si](C)(C)C)(C3)C2. The molecule has 4 bridgehead atoms. The lowest BCUT2D eigenvalue weighted by Gasteiger charge is -2.63. The monoisotopic (exact) mass is 484 g/mol. The predicted molar refractivity (Wildman–Crippen MR) is 127 cm³/mol. The third kappa shape index (κ3) is 5.03. The second kappa shape index (κ2) is 7.28. The van der Waals surface area contributed by atoms with E-state index >= 15 is 0 Å². The molecule has 4 rings (SSSR count). The van der Waals surface area contributed by atoms with Gasteiger partial charge in [-0.2, -0.15) is 0 Å². The Hall–Kier alpha value is -0.939. The van der Waals surface area contributed by atoms with Crippen molar-refractivity contribution in [3.05, 3.63) is 0 Å². The van der Waals surface area contributed by atoms with Crippen molar-refractivity contribution >= 4 is 42.9 Å². The van der Waals surface area contributed by atoms with Gasteiger partial charge in [0.05, 0.1) is 16.2 Å². The van der Waals surface area contributed by atoms with Gasteiger partial charge in [-0.1, -0.05) is 0 Å². The van der Waals surface area contributed by atoms with Crippen molar-refractivity contribution < 1.29 is 27.7 Å². The fourth-order valence-electron chi connectivity index (χ4n) is 6.28. The van der Waals surface area contributed by atoms with Gasteiger partial charge in [0.1, 0.15) is 0 Å². The van der Waals surface area contributed by atoms with Gasteiger partial charge in [-0.05, 0) is 103 Å². The van der Waals surface area contributed by atoms with E-state index in [0.717, 1.165) is 0 Å². The van der Waals surface area contributed by atoms with Gasteiger partial charge in [-0.15, -0.1) is 0 Å². The molecule has 0 aromatic heterocycles. The van der Waals surface area contributed by atoms with E-state index < -0.39 is 41.2 Å². The molecule has 0 aliphatic heterocycles. The fraction of sp³-hybridized carbons (Fsp3) is 0.864. The van der Waals surface area contributed by atoms with Gasteiger partial charge < -0.3 is 13.3 Å². The minimum atomic E-state index is -2.12. The smallest absolute Gasteiger partial charge is 0.298 e. The van der Waals surface area contributed by atoms with Crippen LogP contribution >= 0.6 is 0 Å². The molecule has 0 unspecified atom stereocenters. The normalized spacial score (nSPS) is 34.9. The van der Waals surface area contributed by atoms with E-state index in [0.29, 0.717) is 38.5 Å². The average molecular weight is 485 g/mol. The number of hydrogen-bond donors (Lipinski definition) is 0. The van der Waals surface area contributed by atoms with Crippen molar-refractivity contribution in [1.82, 2.24) is 0 Å². The van der Waals surface area contributed by atoms with Crippen LogP contribution < -0.4 is 0 Å². The van der Waals surface area contributed by atoms with Crippen LogP contribution in [-0.4, -0.2) is 42.9 Å². The zero-order valence-corrected chi connectivity index (χ0v) is 23.8. The molecule has 0 atom stereocenters. The predicted octanol–water partition coefficient (Wildman–Crippen LogP) is 5.08. The molecule has 4 aliphatic carbocycles. The molecule has 0 saturated heterocycles. The van der Waals surface area contributed by atoms with E-state index in [1.165, 1.54) is 0 Å². The summed E-state index contributed by atoms with van der Waals surface area (Å²) in [6, 6.07) is 0. The minimum Gasteiger partial charge on any atom is -0.519 e. The summed E-state index contributed by atoms with van der Waals surface area (Å²) in [4.78, 5) is 40.6. The first-order valence-corrected chi connectivity index (χ1v) is 21.7. The Kier molecular flexibility index (Phi) is 5.80. The van der Waals surface area contributed by atoms with Crippen LogP contribution in [0.15, 0.2) is 0 Å². The van der Waals surface area contributed by atoms with Gasteiger partial charge in [0, 0.05) is 0 Å². The highest BCUT2D eigenvalue weighted by Crippen LogP contribution is 2.71. The van der Waals surface area contributed by atoms with E-state index in [9.17, 15) is 14.4 Å². The van der Waals surface area contributed by atoms with Crippen LogP contribution in [0.25, 0.3) is 0 Å². The third-order valence-electron chi connectivity index (χ3n) is 6.56. The summed E-state index contributed by atoms with van der Waals surface area (Å²) in [5, 5.41) is 0. The zero-order valence-electron chi connectivity index (χ0n) is 20.8. The molecule has 9 heteroatoms. The molecular weight excluding hydrogens is 444 g/mol. The second-order valence-corrected chi connectivity index (χ2v) is 26.6. The molecule has 4 fully saturated rings. The van der Waals surface area contributed by atoms with Crippen molar-refractivity contribution in [2.45, 2.75) is 97.4 Å². The summed E-state index contributed by atoms with van der Waals surface area (Å²) >= 11 is 0. The molecule has 0 N–H and O–H groups in total. The van der Waals surface area contributed by atoms with Gasteiger partial charge in [0.15, 0.2) is 0 Å². The molecule has 0 heterocycles.